The summed E-state index contributed by atoms with van der Waals surface area (Å²) in [6.07, 6.45) is 2.67. The summed E-state index contributed by atoms with van der Waals surface area (Å²) in [6.45, 7) is 1.99. The monoisotopic (exact) mass is 502 g/mol. The Morgan fingerprint density at radius 1 is 0.897 bits per heavy atom. The van der Waals surface area contributed by atoms with Crippen LogP contribution in [0.5, 0.6) is 5.75 Å². The van der Waals surface area contributed by atoms with Crippen LogP contribution in [0.1, 0.15) is 16.8 Å². The van der Waals surface area contributed by atoms with E-state index in [1.54, 1.807) is 7.05 Å². The second-order valence-electron chi connectivity index (χ2n) is 6.29. The molecule has 0 spiro atoms. The number of rotatable bonds is 8. The molecule has 2 aromatic carbocycles. The molecule has 6 heteroatoms. The van der Waals surface area contributed by atoms with Gasteiger partial charge >= 0.3 is 0 Å². The SMILES string of the molecule is CN=C(NCCc1ccccn1)NCc1ccccc1COc1ccccc1.I. The molecule has 0 bridgehead atoms. The minimum Gasteiger partial charge on any atom is -0.489 e. The van der Waals surface area contributed by atoms with Crippen LogP contribution in [0, 0.1) is 0 Å². The van der Waals surface area contributed by atoms with Gasteiger partial charge in [-0.15, -0.1) is 24.0 Å². The van der Waals surface area contributed by atoms with Crippen molar-refractivity contribution in [2.24, 2.45) is 4.99 Å². The van der Waals surface area contributed by atoms with Gasteiger partial charge in [0.2, 0.25) is 0 Å². The van der Waals surface area contributed by atoms with Crippen LogP contribution in [-0.4, -0.2) is 24.5 Å². The predicted octanol–water partition coefficient (Wildman–Crippen LogP) is 4.19. The van der Waals surface area contributed by atoms with E-state index < -0.39 is 0 Å². The van der Waals surface area contributed by atoms with Crippen molar-refractivity contribution in [2.75, 3.05) is 13.6 Å². The largest absolute Gasteiger partial charge is 0.489 e. The fourth-order valence-electron chi connectivity index (χ4n) is 2.80. The van der Waals surface area contributed by atoms with Crippen molar-refractivity contribution in [3.05, 3.63) is 95.8 Å². The molecule has 0 saturated carbocycles. The lowest BCUT2D eigenvalue weighted by Gasteiger charge is -2.15. The van der Waals surface area contributed by atoms with Crippen molar-refractivity contribution in [1.29, 1.82) is 0 Å². The quantitative estimate of drug-likeness (QED) is 0.276. The summed E-state index contributed by atoms with van der Waals surface area (Å²) in [6, 6.07) is 24.1. The van der Waals surface area contributed by atoms with Gasteiger partial charge in [0.15, 0.2) is 5.96 Å². The van der Waals surface area contributed by atoms with Gasteiger partial charge < -0.3 is 15.4 Å². The summed E-state index contributed by atoms with van der Waals surface area (Å²) in [4.78, 5) is 8.64. The predicted molar refractivity (Wildman–Crippen MR) is 129 cm³/mol. The van der Waals surface area contributed by atoms with Crippen molar-refractivity contribution < 1.29 is 4.74 Å². The van der Waals surface area contributed by atoms with Gasteiger partial charge in [-0.2, -0.15) is 0 Å². The number of aliphatic imine (C=N–C) groups is 1. The molecule has 2 N–H and O–H groups in total. The second-order valence-corrected chi connectivity index (χ2v) is 6.29. The molecule has 29 heavy (non-hydrogen) atoms. The lowest BCUT2D eigenvalue weighted by atomic mass is 10.1. The molecule has 0 aliphatic heterocycles. The van der Waals surface area contributed by atoms with Gasteiger partial charge in [0.25, 0.3) is 0 Å². The number of hydrogen-bond acceptors (Lipinski definition) is 3. The molecular formula is C23H27IN4O. The van der Waals surface area contributed by atoms with Gasteiger partial charge in [0.05, 0.1) is 0 Å². The third-order valence-corrected chi connectivity index (χ3v) is 4.33. The summed E-state index contributed by atoms with van der Waals surface area (Å²) >= 11 is 0. The number of hydrogen-bond donors (Lipinski definition) is 2. The van der Waals surface area contributed by atoms with Crippen LogP contribution in [0.25, 0.3) is 0 Å². The first-order chi connectivity index (χ1) is 13.8. The molecule has 0 saturated heterocycles. The fourth-order valence-corrected chi connectivity index (χ4v) is 2.80. The summed E-state index contributed by atoms with van der Waals surface area (Å²) in [5.74, 6) is 1.65. The number of benzene rings is 2. The zero-order chi connectivity index (χ0) is 19.4. The molecule has 0 fully saturated rings. The van der Waals surface area contributed by atoms with Crippen LogP contribution < -0.4 is 15.4 Å². The minimum absolute atomic E-state index is 0. The first kappa shape index (κ1) is 22.7. The summed E-state index contributed by atoms with van der Waals surface area (Å²) in [7, 11) is 1.78. The van der Waals surface area contributed by atoms with Crippen LogP contribution in [0.2, 0.25) is 0 Å². The normalized spacial score (nSPS) is 10.7. The Morgan fingerprint density at radius 3 is 2.34 bits per heavy atom. The highest BCUT2D eigenvalue weighted by molar-refractivity contribution is 14.0. The van der Waals surface area contributed by atoms with Gasteiger partial charge in [-0.3, -0.25) is 9.98 Å². The van der Waals surface area contributed by atoms with E-state index in [9.17, 15) is 0 Å². The molecule has 0 aliphatic rings. The standard InChI is InChI=1S/C23H26N4O.HI/c1-24-23(26-16-14-21-11-7-8-15-25-21)27-17-19-9-5-6-10-20(19)18-28-22-12-3-2-4-13-22;/h2-13,15H,14,16-18H2,1H3,(H2,24,26,27);1H. The van der Waals surface area contributed by atoms with Crippen molar-refractivity contribution in [3.63, 3.8) is 0 Å². The number of para-hydroxylation sites is 1. The average molecular weight is 502 g/mol. The maximum atomic E-state index is 5.90. The molecule has 0 unspecified atom stereocenters. The van der Waals surface area contributed by atoms with Crippen LogP contribution in [0.15, 0.2) is 84.0 Å². The Bertz CT molecular complexity index is 872. The van der Waals surface area contributed by atoms with Crippen LogP contribution >= 0.6 is 24.0 Å². The zero-order valence-electron chi connectivity index (χ0n) is 16.5. The molecule has 0 amide bonds. The highest BCUT2D eigenvalue weighted by Crippen LogP contribution is 2.14. The lowest BCUT2D eigenvalue weighted by molar-refractivity contribution is 0.305. The van der Waals surface area contributed by atoms with Crippen molar-refractivity contribution in [1.82, 2.24) is 15.6 Å². The van der Waals surface area contributed by atoms with Gasteiger partial charge in [-0.1, -0.05) is 48.5 Å². The molecule has 0 aliphatic carbocycles. The molecule has 3 rings (SSSR count). The number of ether oxygens (including phenoxy) is 1. The third kappa shape index (κ3) is 7.73. The van der Waals surface area contributed by atoms with Crippen molar-refractivity contribution >= 4 is 29.9 Å². The molecule has 3 aromatic rings. The van der Waals surface area contributed by atoms with E-state index in [0.717, 1.165) is 35.9 Å². The highest BCUT2D eigenvalue weighted by Gasteiger charge is 2.05. The van der Waals surface area contributed by atoms with Gasteiger partial charge in [0, 0.05) is 38.4 Å². The first-order valence-corrected chi connectivity index (χ1v) is 9.44. The van der Waals surface area contributed by atoms with Crippen LogP contribution in [0.3, 0.4) is 0 Å². The van der Waals surface area contributed by atoms with E-state index in [-0.39, 0.29) is 24.0 Å². The number of halogens is 1. The molecule has 1 heterocycles. The highest BCUT2D eigenvalue weighted by atomic mass is 127. The van der Waals surface area contributed by atoms with E-state index in [1.165, 1.54) is 5.56 Å². The van der Waals surface area contributed by atoms with E-state index in [4.69, 9.17) is 4.74 Å². The Kier molecular flexibility index (Phi) is 9.99. The molecule has 0 radical (unpaired) electrons. The minimum atomic E-state index is 0. The summed E-state index contributed by atoms with van der Waals surface area (Å²) < 4.78 is 5.90. The maximum Gasteiger partial charge on any atom is 0.191 e. The lowest BCUT2D eigenvalue weighted by Crippen LogP contribution is -2.38. The van der Waals surface area contributed by atoms with Gasteiger partial charge in [-0.25, -0.2) is 0 Å². The molecule has 5 nitrogen and oxygen atoms in total. The van der Waals surface area contributed by atoms with E-state index in [1.807, 2.05) is 66.9 Å². The Hall–Kier alpha value is -2.61. The Labute approximate surface area is 189 Å². The van der Waals surface area contributed by atoms with E-state index in [0.29, 0.717) is 13.2 Å². The first-order valence-electron chi connectivity index (χ1n) is 9.44. The van der Waals surface area contributed by atoms with Gasteiger partial charge in [0.1, 0.15) is 12.4 Å². The second kappa shape index (κ2) is 12.8. The Morgan fingerprint density at radius 2 is 1.62 bits per heavy atom. The smallest absolute Gasteiger partial charge is 0.191 e. The molecule has 0 atom stereocenters. The molecule has 1 aromatic heterocycles. The third-order valence-electron chi connectivity index (χ3n) is 4.33. The van der Waals surface area contributed by atoms with Gasteiger partial charge in [-0.05, 0) is 35.4 Å². The fraction of sp³-hybridized carbons (Fsp3) is 0.217. The molecular weight excluding hydrogens is 475 g/mol. The number of pyridine rings is 1. The van der Waals surface area contributed by atoms with Crippen LogP contribution in [-0.2, 0) is 19.6 Å². The van der Waals surface area contributed by atoms with Crippen molar-refractivity contribution in [2.45, 2.75) is 19.6 Å². The van der Waals surface area contributed by atoms with E-state index >= 15 is 0 Å². The zero-order valence-corrected chi connectivity index (χ0v) is 18.9. The molecule has 152 valence electrons. The summed E-state index contributed by atoms with van der Waals surface area (Å²) in [5, 5.41) is 6.71. The number of nitrogens with one attached hydrogen (secondary N) is 2. The maximum absolute atomic E-state index is 5.90. The number of aromatic nitrogens is 1. The van der Waals surface area contributed by atoms with Crippen LogP contribution in [0.4, 0.5) is 0 Å². The summed E-state index contributed by atoms with van der Waals surface area (Å²) in [5.41, 5.74) is 3.41. The van der Waals surface area contributed by atoms with E-state index in [2.05, 4.69) is 32.7 Å². The number of guanidine groups is 1. The Balaban J connectivity index is 0.00000300. The van der Waals surface area contributed by atoms with Crippen molar-refractivity contribution in [3.8, 4) is 5.75 Å². The average Bonchev–Trinajstić information content (AvgIpc) is 2.76. The number of nitrogens with zero attached hydrogens (tertiary/aromatic N) is 2. The topological polar surface area (TPSA) is 58.5 Å².